The van der Waals surface area contributed by atoms with Crippen molar-refractivity contribution in [2.75, 3.05) is 31.1 Å². The zero-order valence-corrected chi connectivity index (χ0v) is 16.4. The van der Waals surface area contributed by atoms with Crippen LogP contribution in [-0.2, 0) is 10.0 Å². The number of primary sulfonamides is 1. The molecule has 1 atom stereocenters. The van der Waals surface area contributed by atoms with Gasteiger partial charge in [-0.15, -0.1) is 0 Å². The summed E-state index contributed by atoms with van der Waals surface area (Å²) in [6.07, 6.45) is 0. The molecule has 2 aromatic rings. The van der Waals surface area contributed by atoms with Crippen LogP contribution in [0.4, 0.5) is 20.2 Å². The summed E-state index contributed by atoms with van der Waals surface area (Å²) in [5.74, 6) is -1.26. The number of nitrogens with two attached hydrogens (primary N) is 1. The van der Waals surface area contributed by atoms with Crippen LogP contribution in [0.1, 0.15) is 18.5 Å². The zero-order valence-electron chi connectivity index (χ0n) is 15.6. The molecule has 3 rings (SSSR count). The highest BCUT2D eigenvalue weighted by Gasteiger charge is 2.28. The minimum Gasteiger partial charge on any atom is -0.368 e. The molecule has 0 aliphatic carbocycles. The average Bonchev–Trinajstić information content (AvgIpc) is 2.66. The molecule has 2 N–H and O–H groups in total. The van der Waals surface area contributed by atoms with E-state index in [-0.39, 0.29) is 16.6 Å². The third kappa shape index (κ3) is 4.52. The molecular weight excluding hydrogens is 406 g/mol. The van der Waals surface area contributed by atoms with Gasteiger partial charge in [0.1, 0.15) is 16.5 Å². The average molecular weight is 426 g/mol. The van der Waals surface area contributed by atoms with E-state index in [2.05, 4.69) is 0 Å². The number of piperazine rings is 1. The number of non-ortho nitro benzene ring substituents is 1. The van der Waals surface area contributed by atoms with E-state index >= 15 is 0 Å². The number of hydrogen-bond donors (Lipinski definition) is 1. The van der Waals surface area contributed by atoms with Crippen LogP contribution < -0.4 is 10.0 Å². The van der Waals surface area contributed by atoms with Gasteiger partial charge in [0.2, 0.25) is 10.0 Å². The van der Waals surface area contributed by atoms with Crippen LogP contribution in [0.15, 0.2) is 41.3 Å². The zero-order chi connectivity index (χ0) is 21.3. The van der Waals surface area contributed by atoms with E-state index in [0.29, 0.717) is 37.4 Å². The Bertz CT molecular complexity index is 1040. The molecule has 1 fully saturated rings. The second kappa shape index (κ2) is 8.01. The van der Waals surface area contributed by atoms with Crippen molar-refractivity contribution in [3.63, 3.8) is 0 Å². The van der Waals surface area contributed by atoms with Gasteiger partial charge in [-0.25, -0.2) is 22.3 Å². The third-order valence-electron chi connectivity index (χ3n) is 5.08. The molecule has 1 aliphatic rings. The molecule has 0 spiro atoms. The molecule has 8 nitrogen and oxygen atoms in total. The number of hydrogen-bond acceptors (Lipinski definition) is 6. The second-order valence-corrected chi connectivity index (χ2v) is 8.35. The van der Waals surface area contributed by atoms with Crippen LogP contribution in [0.5, 0.6) is 0 Å². The van der Waals surface area contributed by atoms with Gasteiger partial charge in [0, 0.05) is 56.0 Å². The Hall–Kier alpha value is -2.63. The first kappa shape index (κ1) is 21.1. The fourth-order valence-corrected chi connectivity index (χ4v) is 4.27. The Labute approximate surface area is 166 Å². The molecule has 0 aromatic heterocycles. The fourth-order valence-electron chi connectivity index (χ4n) is 3.49. The SMILES string of the molecule is CC(c1ccc(F)cc1F)N1CCN(c2ccc([N+](=O)[O-])cc2S(N)(=O)=O)CC1. The Balaban J connectivity index is 1.79. The lowest BCUT2D eigenvalue weighted by Gasteiger charge is -2.39. The first-order valence-electron chi connectivity index (χ1n) is 8.83. The molecule has 1 saturated heterocycles. The molecule has 156 valence electrons. The van der Waals surface area contributed by atoms with Crippen LogP contribution >= 0.6 is 0 Å². The highest BCUT2D eigenvalue weighted by atomic mass is 32.2. The summed E-state index contributed by atoms with van der Waals surface area (Å²) < 4.78 is 51.1. The van der Waals surface area contributed by atoms with Crippen molar-refractivity contribution < 1.29 is 22.1 Å². The van der Waals surface area contributed by atoms with Crippen molar-refractivity contribution in [1.29, 1.82) is 0 Å². The summed E-state index contributed by atoms with van der Waals surface area (Å²) in [6.45, 7) is 3.60. The molecule has 0 bridgehead atoms. The molecule has 0 amide bonds. The number of benzene rings is 2. The van der Waals surface area contributed by atoms with Gasteiger partial charge in [-0.1, -0.05) is 6.07 Å². The van der Waals surface area contributed by atoms with E-state index in [1.807, 2.05) is 11.8 Å². The van der Waals surface area contributed by atoms with Crippen molar-refractivity contribution in [3.05, 3.63) is 63.7 Å². The Morgan fingerprint density at radius 2 is 1.76 bits per heavy atom. The van der Waals surface area contributed by atoms with E-state index in [9.17, 15) is 27.3 Å². The maximum absolute atomic E-state index is 14.1. The summed E-state index contributed by atoms with van der Waals surface area (Å²) in [7, 11) is -4.17. The fraction of sp³-hybridized carbons (Fsp3) is 0.333. The van der Waals surface area contributed by atoms with E-state index in [1.54, 1.807) is 4.90 Å². The molecule has 11 heteroatoms. The largest absolute Gasteiger partial charge is 0.368 e. The van der Waals surface area contributed by atoms with Gasteiger partial charge in [-0.05, 0) is 19.1 Å². The smallest absolute Gasteiger partial charge is 0.270 e. The lowest BCUT2D eigenvalue weighted by molar-refractivity contribution is -0.385. The standard InChI is InChI=1S/C18H20F2N4O4S/c1-12(15-4-2-13(19)10-16(15)20)22-6-8-23(9-7-22)17-5-3-14(24(25)26)11-18(17)29(21,27)28/h2-5,10-12H,6-9H2,1H3,(H2,21,27,28). The van der Waals surface area contributed by atoms with Crippen molar-refractivity contribution >= 4 is 21.4 Å². The monoisotopic (exact) mass is 426 g/mol. The van der Waals surface area contributed by atoms with Gasteiger partial charge in [0.15, 0.2) is 0 Å². The predicted molar refractivity (Wildman–Crippen MR) is 103 cm³/mol. The van der Waals surface area contributed by atoms with E-state index in [1.165, 1.54) is 24.3 Å². The normalized spacial score (nSPS) is 16.6. The van der Waals surface area contributed by atoms with Gasteiger partial charge in [-0.2, -0.15) is 0 Å². The van der Waals surface area contributed by atoms with E-state index in [0.717, 1.165) is 12.1 Å². The summed E-state index contributed by atoms with van der Waals surface area (Å²) in [4.78, 5) is 13.7. The van der Waals surface area contributed by atoms with Gasteiger partial charge < -0.3 is 4.90 Å². The minimum absolute atomic E-state index is 0.290. The number of halogens is 2. The molecule has 1 aliphatic heterocycles. The number of anilines is 1. The van der Waals surface area contributed by atoms with Crippen LogP contribution in [0.25, 0.3) is 0 Å². The number of nitro benzene ring substituents is 1. The van der Waals surface area contributed by atoms with Crippen molar-refractivity contribution in [2.24, 2.45) is 5.14 Å². The Morgan fingerprint density at radius 1 is 1.10 bits per heavy atom. The van der Waals surface area contributed by atoms with Crippen molar-refractivity contribution in [1.82, 2.24) is 4.90 Å². The van der Waals surface area contributed by atoms with E-state index in [4.69, 9.17) is 5.14 Å². The molecule has 0 radical (unpaired) electrons. The Kier molecular flexibility index (Phi) is 5.82. The van der Waals surface area contributed by atoms with Gasteiger partial charge >= 0.3 is 0 Å². The van der Waals surface area contributed by atoms with Crippen LogP contribution in [0, 0.1) is 21.7 Å². The maximum atomic E-state index is 14.1. The summed E-state index contributed by atoms with van der Waals surface area (Å²) in [6, 6.07) is 6.72. The summed E-state index contributed by atoms with van der Waals surface area (Å²) in [5, 5.41) is 16.2. The molecule has 29 heavy (non-hydrogen) atoms. The quantitative estimate of drug-likeness (QED) is 0.581. The third-order valence-corrected chi connectivity index (χ3v) is 6.02. The topological polar surface area (TPSA) is 110 Å². The van der Waals surface area contributed by atoms with Crippen molar-refractivity contribution in [3.8, 4) is 0 Å². The first-order valence-corrected chi connectivity index (χ1v) is 10.4. The summed E-state index contributed by atoms with van der Waals surface area (Å²) in [5.41, 5.74) is 0.301. The predicted octanol–water partition coefficient (Wildman–Crippen LogP) is 2.40. The highest BCUT2D eigenvalue weighted by Crippen LogP contribution is 2.31. The van der Waals surface area contributed by atoms with E-state index < -0.39 is 26.6 Å². The van der Waals surface area contributed by atoms with Crippen LogP contribution in [-0.4, -0.2) is 44.4 Å². The molecular formula is C18H20F2N4O4S. The molecule has 1 unspecified atom stereocenters. The van der Waals surface area contributed by atoms with Crippen LogP contribution in [0.2, 0.25) is 0 Å². The van der Waals surface area contributed by atoms with Gasteiger partial charge in [0.25, 0.3) is 5.69 Å². The highest BCUT2D eigenvalue weighted by molar-refractivity contribution is 7.89. The molecule has 2 aromatic carbocycles. The lowest BCUT2D eigenvalue weighted by Crippen LogP contribution is -2.47. The number of nitrogens with zero attached hydrogens (tertiary/aromatic N) is 3. The second-order valence-electron chi connectivity index (χ2n) is 6.82. The van der Waals surface area contributed by atoms with Crippen LogP contribution in [0.3, 0.4) is 0 Å². The van der Waals surface area contributed by atoms with Crippen molar-refractivity contribution in [2.45, 2.75) is 17.9 Å². The maximum Gasteiger partial charge on any atom is 0.270 e. The van der Waals surface area contributed by atoms with Gasteiger partial charge in [-0.3, -0.25) is 15.0 Å². The number of nitro groups is 1. The molecule has 0 saturated carbocycles. The first-order chi connectivity index (χ1) is 13.6. The Morgan fingerprint density at radius 3 is 2.31 bits per heavy atom. The molecule has 1 heterocycles. The minimum atomic E-state index is -4.17. The number of rotatable bonds is 5. The summed E-state index contributed by atoms with van der Waals surface area (Å²) >= 11 is 0. The van der Waals surface area contributed by atoms with Gasteiger partial charge in [0.05, 0.1) is 10.6 Å². The number of sulfonamides is 1. The lowest BCUT2D eigenvalue weighted by atomic mass is 10.0.